The predicted octanol–water partition coefficient (Wildman–Crippen LogP) is -0.371. The van der Waals surface area contributed by atoms with Crippen LogP contribution in [0.3, 0.4) is 0 Å². The van der Waals surface area contributed by atoms with Gasteiger partial charge in [0.1, 0.15) is 0 Å². The highest BCUT2D eigenvalue weighted by molar-refractivity contribution is 5.18. The first-order chi connectivity index (χ1) is 5.62. The SMILES string of the molecule is Cn1cc(C(C)(CN)CO)cn1. The molecule has 0 spiro atoms. The first-order valence-corrected chi connectivity index (χ1v) is 3.92. The summed E-state index contributed by atoms with van der Waals surface area (Å²) in [6, 6.07) is 0. The maximum absolute atomic E-state index is 9.13. The topological polar surface area (TPSA) is 64.1 Å². The molecular weight excluding hydrogens is 154 g/mol. The van der Waals surface area contributed by atoms with Gasteiger partial charge in [0, 0.05) is 25.2 Å². The highest BCUT2D eigenvalue weighted by Crippen LogP contribution is 2.20. The van der Waals surface area contributed by atoms with Crippen molar-refractivity contribution in [1.29, 1.82) is 0 Å². The van der Waals surface area contributed by atoms with Crippen LogP contribution in [0.15, 0.2) is 12.4 Å². The van der Waals surface area contributed by atoms with Crippen LogP contribution >= 0.6 is 0 Å². The van der Waals surface area contributed by atoms with Gasteiger partial charge in [0.25, 0.3) is 0 Å². The van der Waals surface area contributed by atoms with E-state index in [4.69, 9.17) is 10.8 Å². The van der Waals surface area contributed by atoms with Crippen molar-refractivity contribution in [1.82, 2.24) is 9.78 Å². The lowest BCUT2D eigenvalue weighted by Gasteiger charge is -2.23. The summed E-state index contributed by atoms with van der Waals surface area (Å²) in [5.41, 5.74) is 6.19. The second-order valence-corrected chi connectivity index (χ2v) is 3.33. The number of aliphatic hydroxyl groups is 1. The highest BCUT2D eigenvalue weighted by Gasteiger charge is 2.25. The summed E-state index contributed by atoms with van der Waals surface area (Å²) in [6.07, 6.45) is 3.62. The van der Waals surface area contributed by atoms with Gasteiger partial charge in [-0.15, -0.1) is 0 Å². The molecular formula is C8H15N3O. The zero-order chi connectivity index (χ0) is 9.19. The zero-order valence-electron chi connectivity index (χ0n) is 7.49. The van der Waals surface area contributed by atoms with Gasteiger partial charge in [-0.3, -0.25) is 4.68 Å². The molecule has 1 aromatic rings. The molecule has 0 aliphatic heterocycles. The number of rotatable bonds is 3. The molecule has 0 aliphatic rings. The van der Waals surface area contributed by atoms with Crippen LogP contribution in [0.25, 0.3) is 0 Å². The summed E-state index contributed by atoms with van der Waals surface area (Å²) in [7, 11) is 1.85. The van der Waals surface area contributed by atoms with E-state index in [0.29, 0.717) is 6.54 Å². The Hall–Kier alpha value is -0.870. The molecule has 1 unspecified atom stereocenters. The van der Waals surface area contributed by atoms with Gasteiger partial charge in [0.2, 0.25) is 0 Å². The van der Waals surface area contributed by atoms with E-state index in [2.05, 4.69) is 5.10 Å². The van der Waals surface area contributed by atoms with E-state index in [-0.39, 0.29) is 12.0 Å². The molecule has 0 aliphatic carbocycles. The van der Waals surface area contributed by atoms with Crippen molar-refractivity contribution in [2.24, 2.45) is 12.8 Å². The molecule has 4 heteroatoms. The Labute approximate surface area is 72.0 Å². The third-order valence-electron chi connectivity index (χ3n) is 2.20. The molecule has 1 aromatic heterocycles. The van der Waals surface area contributed by atoms with Crippen molar-refractivity contribution in [2.75, 3.05) is 13.2 Å². The van der Waals surface area contributed by atoms with Crippen LogP contribution in [0.2, 0.25) is 0 Å². The number of aryl methyl sites for hydroxylation is 1. The van der Waals surface area contributed by atoms with Gasteiger partial charge in [0.15, 0.2) is 0 Å². The Bertz CT molecular complexity index is 253. The van der Waals surface area contributed by atoms with Crippen LogP contribution in [0.5, 0.6) is 0 Å². The standard InChI is InChI=1S/C8H15N3O/c1-8(5-9,6-12)7-3-10-11(2)4-7/h3-4,12H,5-6,9H2,1-2H3. The van der Waals surface area contributed by atoms with Crippen LogP contribution in [0, 0.1) is 0 Å². The van der Waals surface area contributed by atoms with E-state index in [0.717, 1.165) is 5.56 Å². The molecule has 68 valence electrons. The van der Waals surface area contributed by atoms with E-state index in [1.165, 1.54) is 0 Å². The van der Waals surface area contributed by atoms with Gasteiger partial charge in [0.05, 0.1) is 12.8 Å². The lowest BCUT2D eigenvalue weighted by molar-refractivity contribution is 0.210. The van der Waals surface area contributed by atoms with Crippen LogP contribution in [0.1, 0.15) is 12.5 Å². The number of nitrogens with zero attached hydrogens (tertiary/aromatic N) is 2. The van der Waals surface area contributed by atoms with Gasteiger partial charge < -0.3 is 10.8 Å². The summed E-state index contributed by atoms with van der Waals surface area (Å²) < 4.78 is 1.71. The molecule has 0 amide bonds. The van der Waals surface area contributed by atoms with Crippen molar-refractivity contribution in [3.05, 3.63) is 18.0 Å². The van der Waals surface area contributed by atoms with Gasteiger partial charge in [-0.1, -0.05) is 6.92 Å². The maximum atomic E-state index is 9.13. The van der Waals surface area contributed by atoms with Gasteiger partial charge >= 0.3 is 0 Å². The largest absolute Gasteiger partial charge is 0.395 e. The molecule has 1 rings (SSSR count). The Morgan fingerprint density at radius 2 is 2.42 bits per heavy atom. The predicted molar refractivity (Wildman–Crippen MR) is 46.7 cm³/mol. The minimum atomic E-state index is -0.353. The Morgan fingerprint density at radius 3 is 2.75 bits per heavy atom. The van der Waals surface area contributed by atoms with E-state index < -0.39 is 0 Å². The van der Waals surface area contributed by atoms with Crippen molar-refractivity contribution in [3.63, 3.8) is 0 Å². The Kier molecular flexibility index (Phi) is 2.49. The molecule has 0 bridgehead atoms. The molecule has 0 saturated carbocycles. The molecule has 1 atom stereocenters. The number of hydrogen-bond acceptors (Lipinski definition) is 3. The average molecular weight is 169 g/mol. The quantitative estimate of drug-likeness (QED) is 0.649. The van der Waals surface area contributed by atoms with E-state index in [1.54, 1.807) is 10.9 Å². The molecule has 0 fully saturated rings. The highest BCUT2D eigenvalue weighted by atomic mass is 16.3. The summed E-state index contributed by atoms with van der Waals surface area (Å²) in [6.45, 7) is 2.40. The molecule has 3 N–H and O–H groups in total. The van der Waals surface area contributed by atoms with Gasteiger partial charge in [-0.2, -0.15) is 5.10 Å². The summed E-state index contributed by atoms with van der Waals surface area (Å²) in [5.74, 6) is 0. The number of aliphatic hydroxyl groups excluding tert-OH is 1. The van der Waals surface area contributed by atoms with Crippen molar-refractivity contribution in [2.45, 2.75) is 12.3 Å². The first-order valence-electron chi connectivity index (χ1n) is 3.92. The Morgan fingerprint density at radius 1 is 1.75 bits per heavy atom. The fourth-order valence-corrected chi connectivity index (χ4v) is 1.01. The minimum Gasteiger partial charge on any atom is -0.395 e. The molecule has 0 aromatic carbocycles. The molecule has 12 heavy (non-hydrogen) atoms. The van der Waals surface area contributed by atoms with Crippen molar-refractivity contribution < 1.29 is 5.11 Å². The Balaban J connectivity index is 2.94. The van der Waals surface area contributed by atoms with Crippen LogP contribution < -0.4 is 5.73 Å². The molecule has 0 saturated heterocycles. The average Bonchev–Trinajstić information content (AvgIpc) is 2.51. The third-order valence-corrected chi connectivity index (χ3v) is 2.20. The van der Waals surface area contributed by atoms with E-state index in [9.17, 15) is 0 Å². The van der Waals surface area contributed by atoms with Crippen LogP contribution in [-0.4, -0.2) is 28.0 Å². The fourth-order valence-electron chi connectivity index (χ4n) is 1.01. The van der Waals surface area contributed by atoms with Crippen molar-refractivity contribution >= 4 is 0 Å². The normalized spacial score (nSPS) is 16.0. The second kappa shape index (κ2) is 3.25. The van der Waals surface area contributed by atoms with Crippen LogP contribution in [0.4, 0.5) is 0 Å². The minimum absolute atomic E-state index is 0.0508. The summed E-state index contributed by atoms with van der Waals surface area (Å²) in [5, 5.41) is 13.2. The van der Waals surface area contributed by atoms with Gasteiger partial charge in [-0.25, -0.2) is 0 Å². The number of nitrogens with two attached hydrogens (primary N) is 1. The lowest BCUT2D eigenvalue weighted by Crippen LogP contribution is -2.35. The third kappa shape index (κ3) is 1.49. The fraction of sp³-hybridized carbons (Fsp3) is 0.625. The smallest absolute Gasteiger partial charge is 0.0538 e. The zero-order valence-corrected chi connectivity index (χ0v) is 7.49. The first kappa shape index (κ1) is 9.22. The summed E-state index contributed by atoms with van der Waals surface area (Å²) >= 11 is 0. The van der Waals surface area contributed by atoms with E-state index >= 15 is 0 Å². The monoisotopic (exact) mass is 169 g/mol. The molecule has 1 heterocycles. The number of aromatic nitrogens is 2. The second-order valence-electron chi connectivity index (χ2n) is 3.33. The molecule has 0 radical (unpaired) electrons. The van der Waals surface area contributed by atoms with E-state index in [1.807, 2.05) is 20.2 Å². The summed E-state index contributed by atoms with van der Waals surface area (Å²) in [4.78, 5) is 0. The number of hydrogen-bond donors (Lipinski definition) is 2. The van der Waals surface area contributed by atoms with Crippen LogP contribution in [-0.2, 0) is 12.5 Å². The maximum Gasteiger partial charge on any atom is 0.0538 e. The van der Waals surface area contributed by atoms with Crippen molar-refractivity contribution in [3.8, 4) is 0 Å². The van der Waals surface area contributed by atoms with Gasteiger partial charge in [-0.05, 0) is 5.56 Å². The molecule has 4 nitrogen and oxygen atoms in total. The lowest BCUT2D eigenvalue weighted by atomic mass is 9.86.